The topological polar surface area (TPSA) is 78.9 Å². The van der Waals surface area contributed by atoms with Crippen LogP contribution < -0.4 is 5.73 Å². The Morgan fingerprint density at radius 3 is 2.75 bits per heavy atom. The average molecular weight is 277 g/mol. The Bertz CT molecular complexity index is 472. The predicted molar refractivity (Wildman–Crippen MR) is 79.8 cm³/mol. The van der Waals surface area contributed by atoms with Gasteiger partial charge in [-0.05, 0) is 25.8 Å². The molecule has 5 nitrogen and oxygen atoms in total. The van der Waals surface area contributed by atoms with Gasteiger partial charge < -0.3 is 15.8 Å². The second-order valence-electron chi connectivity index (χ2n) is 4.80. The summed E-state index contributed by atoms with van der Waals surface area (Å²) >= 11 is 0. The highest BCUT2D eigenvalue weighted by atomic mass is 16.4. The molecule has 1 amide bonds. The quantitative estimate of drug-likeness (QED) is 0.346. The number of amidine groups is 1. The lowest BCUT2D eigenvalue weighted by molar-refractivity contribution is -0.130. The van der Waals surface area contributed by atoms with Gasteiger partial charge in [0.25, 0.3) is 0 Å². The summed E-state index contributed by atoms with van der Waals surface area (Å²) in [5.74, 6) is 0.245. The minimum absolute atomic E-state index is 0.0970. The van der Waals surface area contributed by atoms with Crippen molar-refractivity contribution in [1.29, 1.82) is 0 Å². The smallest absolute Gasteiger partial charge is 0.222 e. The summed E-state index contributed by atoms with van der Waals surface area (Å²) in [5.41, 5.74) is 7.79. The first kappa shape index (κ1) is 16.0. The number of hydrogen-bond acceptors (Lipinski definition) is 3. The minimum Gasteiger partial charge on any atom is -0.409 e. The van der Waals surface area contributed by atoms with E-state index in [0.717, 1.165) is 6.42 Å². The first-order chi connectivity index (χ1) is 9.56. The predicted octanol–water partition coefficient (Wildman–Crippen LogP) is 1.91. The number of nitrogens with zero attached hydrogens (tertiary/aromatic N) is 2. The molecule has 1 rings (SSSR count). The van der Waals surface area contributed by atoms with E-state index in [2.05, 4.69) is 11.2 Å². The van der Waals surface area contributed by atoms with E-state index in [9.17, 15) is 4.79 Å². The zero-order valence-electron chi connectivity index (χ0n) is 12.2. The van der Waals surface area contributed by atoms with Crippen LogP contribution in [-0.2, 0) is 11.2 Å². The van der Waals surface area contributed by atoms with Crippen molar-refractivity contribution in [2.75, 3.05) is 13.1 Å². The number of aryl methyl sites for hydroxylation is 2. The summed E-state index contributed by atoms with van der Waals surface area (Å²) < 4.78 is 0. The molecule has 0 aromatic heterocycles. The molecule has 1 aromatic carbocycles. The lowest BCUT2D eigenvalue weighted by Gasteiger charge is -2.20. The van der Waals surface area contributed by atoms with Crippen LogP contribution in [0.25, 0.3) is 0 Å². The second-order valence-corrected chi connectivity index (χ2v) is 4.80. The van der Waals surface area contributed by atoms with Crippen LogP contribution in [0.1, 0.15) is 30.9 Å². The van der Waals surface area contributed by atoms with Crippen molar-refractivity contribution >= 4 is 11.7 Å². The van der Waals surface area contributed by atoms with E-state index in [0.29, 0.717) is 25.9 Å². The van der Waals surface area contributed by atoms with E-state index in [1.165, 1.54) is 11.1 Å². The van der Waals surface area contributed by atoms with Crippen molar-refractivity contribution in [3.63, 3.8) is 0 Å². The summed E-state index contributed by atoms with van der Waals surface area (Å²) in [6.45, 7) is 5.09. The molecule has 0 aliphatic rings. The van der Waals surface area contributed by atoms with Crippen LogP contribution in [0.2, 0.25) is 0 Å². The molecule has 0 heterocycles. The maximum Gasteiger partial charge on any atom is 0.222 e. The fourth-order valence-corrected chi connectivity index (χ4v) is 2.04. The molecule has 0 radical (unpaired) electrons. The van der Waals surface area contributed by atoms with Crippen LogP contribution in [0, 0.1) is 6.92 Å². The largest absolute Gasteiger partial charge is 0.409 e. The van der Waals surface area contributed by atoms with Crippen LogP contribution in [0.5, 0.6) is 0 Å². The first-order valence-electron chi connectivity index (χ1n) is 6.86. The maximum absolute atomic E-state index is 12.1. The highest BCUT2D eigenvalue weighted by molar-refractivity contribution is 5.81. The van der Waals surface area contributed by atoms with Gasteiger partial charge in [0.1, 0.15) is 5.84 Å². The van der Waals surface area contributed by atoms with Crippen molar-refractivity contribution in [1.82, 2.24) is 4.90 Å². The van der Waals surface area contributed by atoms with E-state index < -0.39 is 0 Å². The number of rotatable bonds is 7. The summed E-state index contributed by atoms with van der Waals surface area (Å²) in [7, 11) is 0. The molecule has 20 heavy (non-hydrogen) atoms. The summed E-state index contributed by atoms with van der Waals surface area (Å²) in [6, 6.07) is 8.18. The summed E-state index contributed by atoms with van der Waals surface area (Å²) in [6.07, 6.45) is 1.61. The number of carbonyl (C=O) groups is 1. The minimum atomic E-state index is 0.0970. The monoisotopic (exact) mass is 277 g/mol. The van der Waals surface area contributed by atoms with Gasteiger partial charge in [-0.2, -0.15) is 0 Å². The Morgan fingerprint density at radius 1 is 1.40 bits per heavy atom. The van der Waals surface area contributed by atoms with Gasteiger partial charge in [-0.3, -0.25) is 4.79 Å². The summed E-state index contributed by atoms with van der Waals surface area (Å²) in [4.78, 5) is 13.8. The fourth-order valence-electron chi connectivity index (χ4n) is 2.04. The lowest BCUT2D eigenvalue weighted by atomic mass is 10.1. The second kappa shape index (κ2) is 8.19. The number of benzene rings is 1. The van der Waals surface area contributed by atoms with Crippen LogP contribution in [0.3, 0.4) is 0 Å². The van der Waals surface area contributed by atoms with Gasteiger partial charge in [0.15, 0.2) is 0 Å². The van der Waals surface area contributed by atoms with E-state index in [4.69, 9.17) is 10.9 Å². The van der Waals surface area contributed by atoms with Gasteiger partial charge in [0, 0.05) is 25.9 Å². The molecule has 5 heteroatoms. The SMILES string of the molecule is CCN(CCC(N)=NO)C(=O)CCc1cccc(C)c1. The first-order valence-corrected chi connectivity index (χ1v) is 6.86. The molecule has 0 unspecified atom stereocenters. The fraction of sp³-hybridized carbons (Fsp3) is 0.467. The van der Waals surface area contributed by atoms with Gasteiger partial charge in [0.2, 0.25) is 5.91 Å². The normalized spacial score (nSPS) is 11.4. The number of oxime groups is 1. The Balaban J connectivity index is 2.47. The third-order valence-electron chi connectivity index (χ3n) is 3.21. The summed E-state index contributed by atoms with van der Waals surface area (Å²) in [5, 5.41) is 11.4. The molecule has 1 aromatic rings. The van der Waals surface area contributed by atoms with Crippen molar-refractivity contribution in [3.05, 3.63) is 35.4 Å². The Morgan fingerprint density at radius 2 is 2.15 bits per heavy atom. The lowest BCUT2D eigenvalue weighted by Crippen LogP contribution is -2.34. The Kier molecular flexibility index (Phi) is 6.56. The van der Waals surface area contributed by atoms with Crippen molar-refractivity contribution in [2.24, 2.45) is 10.9 Å². The number of nitrogens with two attached hydrogens (primary N) is 1. The molecule has 110 valence electrons. The third kappa shape index (κ3) is 5.30. The molecule has 0 fully saturated rings. The van der Waals surface area contributed by atoms with Gasteiger partial charge in [-0.15, -0.1) is 0 Å². The molecule has 0 bridgehead atoms. The van der Waals surface area contributed by atoms with Gasteiger partial charge in [-0.25, -0.2) is 0 Å². The molecular formula is C15H23N3O2. The van der Waals surface area contributed by atoms with Gasteiger partial charge in [-0.1, -0.05) is 35.0 Å². The zero-order valence-corrected chi connectivity index (χ0v) is 12.2. The number of amides is 1. The molecule has 3 N–H and O–H groups in total. The zero-order chi connectivity index (χ0) is 15.0. The molecular weight excluding hydrogens is 254 g/mol. The highest BCUT2D eigenvalue weighted by Gasteiger charge is 2.12. The van der Waals surface area contributed by atoms with E-state index >= 15 is 0 Å². The maximum atomic E-state index is 12.1. The van der Waals surface area contributed by atoms with Crippen LogP contribution in [0.15, 0.2) is 29.4 Å². The third-order valence-corrected chi connectivity index (χ3v) is 3.21. The highest BCUT2D eigenvalue weighted by Crippen LogP contribution is 2.08. The van der Waals surface area contributed by atoms with Crippen LogP contribution in [0.4, 0.5) is 0 Å². The number of carbonyl (C=O) groups excluding carboxylic acids is 1. The molecule has 0 atom stereocenters. The molecule has 0 saturated heterocycles. The molecule has 0 aliphatic heterocycles. The Labute approximate surface area is 120 Å². The van der Waals surface area contributed by atoms with Crippen LogP contribution >= 0.6 is 0 Å². The molecule has 0 saturated carbocycles. The average Bonchev–Trinajstić information content (AvgIpc) is 2.45. The van der Waals surface area contributed by atoms with E-state index in [1.807, 2.05) is 32.0 Å². The standard InChI is InChI=1S/C15H23N3O2/c1-3-18(10-9-14(16)17-20)15(19)8-7-13-6-4-5-12(2)11-13/h4-6,11,20H,3,7-10H2,1-2H3,(H2,16,17). The van der Waals surface area contributed by atoms with Crippen molar-refractivity contribution in [2.45, 2.75) is 33.1 Å². The van der Waals surface area contributed by atoms with Crippen molar-refractivity contribution < 1.29 is 10.0 Å². The van der Waals surface area contributed by atoms with Crippen molar-refractivity contribution in [3.8, 4) is 0 Å². The molecule has 0 aliphatic carbocycles. The Hall–Kier alpha value is -2.04. The van der Waals surface area contributed by atoms with E-state index in [1.54, 1.807) is 4.90 Å². The number of hydrogen-bond donors (Lipinski definition) is 2. The van der Waals surface area contributed by atoms with E-state index in [-0.39, 0.29) is 11.7 Å². The van der Waals surface area contributed by atoms with Gasteiger partial charge in [0.05, 0.1) is 0 Å². The molecule has 0 spiro atoms. The van der Waals surface area contributed by atoms with Gasteiger partial charge >= 0.3 is 0 Å². The van der Waals surface area contributed by atoms with Crippen LogP contribution in [-0.4, -0.2) is 34.9 Å².